The van der Waals surface area contributed by atoms with Crippen molar-refractivity contribution < 1.29 is 58.7 Å². The summed E-state index contributed by atoms with van der Waals surface area (Å²) in [6.07, 6.45) is -7.47. The van der Waals surface area contributed by atoms with Crippen LogP contribution >= 0.6 is 0 Å². The maximum atomic E-state index is 13.7. The average molecular weight is 765 g/mol. The maximum absolute atomic E-state index is 13.7. The van der Waals surface area contributed by atoms with Crippen molar-refractivity contribution >= 4 is 5.97 Å². The zero-order chi connectivity index (χ0) is 40.7. The molecule has 2 aliphatic heterocycles. The monoisotopic (exact) mass is 765 g/mol. The number of carbonyl (C=O) groups is 1. The van der Waals surface area contributed by atoms with Crippen LogP contribution in [-0.4, -0.2) is 167 Å². The number of rotatable bonds is 20. The number of hydrogen-bond donors (Lipinski definition) is 5. The number of esters is 1. The molecule has 14 heteroatoms. The molecule has 2 aliphatic rings. The Kier molecular flexibility index (Phi) is 18.5. The molecule has 2 saturated heterocycles. The fourth-order valence-electron chi connectivity index (χ4n) is 7.89. The number of hydrogen-bond acceptors (Lipinski definition) is 14. The molecule has 0 spiro atoms. The van der Waals surface area contributed by atoms with Crippen molar-refractivity contribution in [2.45, 2.75) is 193 Å². The molecule has 14 nitrogen and oxygen atoms in total. The smallest absolute Gasteiger partial charge is 0.311 e. The Morgan fingerprint density at radius 2 is 1.62 bits per heavy atom. The molecule has 0 aliphatic carbocycles. The van der Waals surface area contributed by atoms with Crippen molar-refractivity contribution in [3.63, 3.8) is 0 Å². The van der Waals surface area contributed by atoms with E-state index in [1.165, 1.54) is 7.11 Å². The minimum atomic E-state index is -1.59. The van der Waals surface area contributed by atoms with Crippen molar-refractivity contribution in [1.29, 1.82) is 0 Å². The van der Waals surface area contributed by atoms with Crippen LogP contribution in [0.1, 0.15) is 102 Å². The second-order valence-electron chi connectivity index (χ2n) is 17.0. The first-order valence-corrected chi connectivity index (χ1v) is 19.6. The largest absolute Gasteiger partial charge is 0.462 e. The molecule has 2 fully saturated rings. The number of ether oxygens (including phenoxy) is 6. The molecule has 2 heterocycles. The summed E-state index contributed by atoms with van der Waals surface area (Å²) < 4.78 is 37.3. The number of likely N-dealkylation sites (N-methyl/N-ethyl adjacent to an activating group) is 1. The van der Waals surface area contributed by atoms with Crippen molar-refractivity contribution in [2.75, 3.05) is 34.8 Å². The molecule has 0 amide bonds. The van der Waals surface area contributed by atoms with E-state index in [-0.39, 0.29) is 43.1 Å². The van der Waals surface area contributed by atoms with Gasteiger partial charge in [0.1, 0.15) is 12.2 Å². The Labute approximate surface area is 319 Å². The Hall–Kier alpha value is -1.01. The summed E-state index contributed by atoms with van der Waals surface area (Å²) in [5.41, 5.74) is -2.58. The molecule has 0 aromatic rings. The van der Waals surface area contributed by atoms with E-state index in [1.807, 2.05) is 72.5 Å². The number of nitrogens with zero attached hydrogens (tertiary/aromatic N) is 2. The molecular weight excluding hydrogens is 688 g/mol. The Morgan fingerprint density at radius 1 is 1.02 bits per heavy atom. The van der Waals surface area contributed by atoms with E-state index in [1.54, 1.807) is 34.6 Å². The van der Waals surface area contributed by atoms with Gasteiger partial charge in [-0.25, -0.2) is 0 Å². The summed E-state index contributed by atoms with van der Waals surface area (Å²) in [7, 11) is 7.19. The van der Waals surface area contributed by atoms with Crippen LogP contribution in [-0.2, 0) is 33.2 Å². The van der Waals surface area contributed by atoms with Gasteiger partial charge >= 0.3 is 5.97 Å². The molecule has 18 atom stereocenters. The highest BCUT2D eigenvalue weighted by atomic mass is 16.7. The summed E-state index contributed by atoms with van der Waals surface area (Å²) in [6.45, 7) is 20.2. The van der Waals surface area contributed by atoms with Gasteiger partial charge in [-0.3, -0.25) is 4.79 Å². The van der Waals surface area contributed by atoms with Crippen molar-refractivity contribution in [3.05, 3.63) is 0 Å². The normalized spacial score (nSPS) is 34.7. The molecule has 2 rings (SSSR count). The van der Waals surface area contributed by atoms with Crippen LogP contribution in [0.15, 0.2) is 0 Å². The fourth-order valence-corrected chi connectivity index (χ4v) is 7.89. The van der Waals surface area contributed by atoms with E-state index in [9.17, 15) is 30.3 Å². The zero-order valence-electron chi connectivity index (χ0n) is 35.3. The summed E-state index contributed by atoms with van der Waals surface area (Å²) in [4.78, 5) is 17.7. The molecular formula is C39H76N2O12. The minimum absolute atomic E-state index is 0.165. The molecule has 0 bridgehead atoms. The standard InChI is InChI=1S/C39H76N2O12/c1-16-23(4)49-36(46)26(7)33(52-30-19-39(11,48-15)34(45)28(9)51-30)25(6)35(53-37-32(44)29(40(12)13)17-24(5)50-37)38(10,47)18-22(3)41(14)20-21(2)31(43)27(8)42/h21-35,37,42-45,47H,16-20H2,1-15H3/t21-,22+,23+,24+,25-,26+,27?,28-,29-,30-,31+,32+,33-,34-,35+,37-,38+,39+/m0/s1. The van der Waals surface area contributed by atoms with Gasteiger partial charge in [0.05, 0.1) is 59.8 Å². The number of carbonyl (C=O) groups excluding carboxylic acids is 1. The van der Waals surface area contributed by atoms with Crippen LogP contribution in [0.25, 0.3) is 0 Å². The number of methoxy groups -OCH3 is 1. The number of aliphatic hydroxyl groups excluding tert-OH is 4. The quantitative estimate of drug-likeness (QED) is 0.114. The highest BCUT2D eigenvalue weighted by molar-refractivity contribution is 5.73. The molecule has 0 aromatic heterocycles. The van der Waals surface area contributed by atoms with Crippen LogP contribution in [0.4, 0.5) is 0 Å². The molecule has 1 unspecified atom stereocenters. The van der Waals surface area contributed by atoms with Crippen molar-refractivity contribution in [1.82, 2.24) is 9.80 Å². The van der Waals surface area contributed by atoms with Crippen LogP contribution in [0.3, 0.4) is 0 Å². The number of aliphatic hydroxyl groups is 5. The van der Waals surface area contributed by atoms with Gasteiger partial charge in [0.15, 0.2) is 12.6 Å². The van der Waals surface area contributed by atoms with Gasteiger partial charge in [-0.2, -0.15) is 0 Å². The average Bonchev–Trinajstić information content (AvgIpc) is 3.07. The summed E-state index contributed by atoms with van der Waals surface area (Å²) in [5, 5.41) is 55.5. The predicted molar refractivity (Wildman–Crippen MR) is 201 cm³/mol. The van der Waals surface area contributed by atoms with E-state index < -0.39 is 84.3 Å². The van der Waals surface area contributed by atoms with Crippen LogP contribution in [0.2, 0.25) is 0 Å². The van der Waals surface area contributed by atoms with Gasteiger partial charge in [0, 0.05) is 38.1 Å². The second kappa shape index (κ2) is 20.4. The third-order valence-corrected chi connectivity index (χ3v) is 11.8. The molecule has 314 valence electrons. The third-order valence-electron chi connectivity index (χ3n) is 11.8. The Bertz CT molecular complexity index is 1100. The zero-order valence-corrected chi connectivity index (χ0v) is 35.3. The van der Waals surface area contributed by atoms with Crippen LogP contribution < -0.4 is 0 Å². The maximum Gasteiger partial charge on any atom is 0.311 e. The SMILES string of the molecule is CC[C@@H](C)OC(=O)[C@H](C)[C@@H](O[C@H]1C[C@@](C)(OC)[C@@H](O)[C@H](C)O1)[C@H](C)[C@@H](O[C@@H]1O[C@H](C)C[C@H](N(C)C)[C@H]1O)[C@](C)(O)C[C@@H](C)N(C)C[C@H](C)[C@@H](O)C(C)O. The molecule has 0 aromatic carbocycles. The summed E-state index contributed by atoms with van der Waals surface area (Å²) in [6, 6.07) is -0.514. The molecule has 5 N–H and O–H groups in total. The first-order chi connectivity index (χ1) is 24.4. The minimum Gasteiger partial charge on any atom is -0.462 e. The Balaban J connectivity index is 2.61. The van der Waals surface area contributed by atoms with Gasteiger partial charge in [-0.1, -0.05) is 20.8 Å². The lowest BCUT2D eigenvalue weighted by Crippen LogP contribution is -2.61. The topological polar surface area (TPSA) is 180 Å². The highest BCUT2D eigenvalue weighted by Gasteiger charge is 2.51. The van der Waals surface area contributed by atoms with Gasteiger partial charge in [0.2, 0.25) is 0 Å². The second-order valence-corrected chi connectivity index (χ2v) is 17.0. The van der Waals surface area contributed by atoms with E-state index in [4.69, 9.17) is 28.4 Å². The van der Waals surface area contributed by atoms with Gasteiger partial charge in [-0.05, 0) is 102 Å². The lowest BCUT2D eigenvalue weighted by atomic mass is 9.78. The first kappa shape index (κ1) is 48.1. The lowest BCUT2D eigenvalue weighted by molar-refractivity contribution is -0.317. The van der Waals surface area contributed by atoms with Gasteiger partial charge in [-0.15, -0.1) is 0 Å². The first-order valence-electron chi connectivity index (χ1n) is 19.6. The molecule has 53 heavy (non-hydrogen) atoms. The van der Waals surface area contributed by atoms with Crippen molar-refractivity contribution in [3.8, 4) is 0 Å². The van der Waals surface area contributed by atoms with Crippen LogP contribution in [0.5, 0.6) is 0 Å². The summed E-state index contributed by atoms with van der Waals surface area (Å²) >= 11 is 0. The highest BCUT2D eigenvalue weighted by Crippen LogP contribution is 2.39. The van der Waals surface area contributed by atoms with Gasteiger partial charge in [0.25, 0.3) is 0 Å². The van der Waals surface area contributed by atoms with Gasteiger partial charge < -0.3 is 63.8 Å². The predicted octanol–water partition coefficient (Wildman–Crippen LogP) is 2.54. The molecule has 0 radical (unpaired) electrons. The fraction of sp³-hybridized carbons (Fsp3) is 0.974. The molecule has 0 saturated carbocycles. The van der Waals surface area contributed by atoms with E-state index in [0.29, 0.717) is 19.4 Å². The van der Waals surface area contributed by atoms with E-state index in [2.05, 4.69) is 0 Å². The van der Waals surface area contributed by atoms with E-state index >= 15 is 0 Å². The van der Waals surface area contributed by atoms with Crippen molar-refractivity contribution in [2.24, 2.45) is 17.8 Å². The Morgan fingerprint density at radius 3 is 2.15 bits per heavy atom. The lowest BCUT2D eigenvalue weighted by Gasteiger charge is -2.49. The third kappa shape index (κ3) is 12.7. The van der Waals surface area contributed by atoms with Crippen LogP contribution in [0, 0.1) is 17.8 Å². The summed E-state index contributed by atoms with van der Waals surface area (Å²) in [5.74, 6) is -2.31. The van der Waals surface area contributed by atoms with E-state index in [0.717, 1.165) is 0 Å².